The minimum atomic E-state index is 0.570. The normalized spacial score (nSPS) is 27.2. The largest absolute Gasteiger partial charge is 0.378 e. The quantitative estimate of drug-likeness (QED) is 0.724. The molecule has 106 valence electrons. The van der Waals surface area contributed by atoms with Crippen LogP contribution in [0, 0.1) is 0 Å². The van der Waals surface area contributed by atoms with E-state index in [4.69, 9.17) is 4.74 Å². The Hall–Kier alpha value is -0.120. The lowest BCUT2D eigenvalue weighted by atomic mass is 10.0. The Morgan fingerprint density at radius 2 is 2.00 bits per heavy atom. The smallest absolute Gasteiger partial charge is 0.0576 e. The van der Waals surface area contributed by atoms with Crippen molar-refractivity contribution in [3.63, 3.8) is 0 Å². The van der Waals surface area contributed by atoms with E-state index < -0.39 is 0 Å². The summed E-state index contributed by atoms with van der Waals surface area (Å²) < 4.78 is 5.68. The summed E-state index contributed by atoms with van der Waals surface area (Å²) in [5.41, 5.74) is 0. The molecule has 0 spiro atoms. The zero-order valence-corrected chi connectivity index (χ0v) is 12.2. The molecule has 2 heterocycles. The van der Waals surface area contributed by atoms with Gasteiger partial charge in [-0.25, -0.2) is 0 Å². The molecule has 0 bridgehead atoms. The Morgan fingerprint density at radius 1 is 1.22 bits per heavy atom. The molecule has 3 nitrogen and oxygen atoms in total. The number of ether oxygens (including phenoxy) is 1. The lowest BCUT2D eigenvalue weighted by Gasteiger charge is -2.36. The second-order valence-electron chi connectivity index (χ2n) is 5.92. The average molecular weight is 254 g/mol. The summed E-state index contributed by atoms with van der Waals surface area (Å²) in [5.74, 6) is 0. The number of hydrogen-bond donors (Lipinski definition) is 0. The number of hydrogen-bond acceptors (Lipinski definition) is 3. The standard InChI is InChI=1S/C15H30N2O/c1-3-17-11-8-14(9-12-17)16(2)10-4-6-15-7-5-13-18-15/h14-15H,3-13H2,1-2H3. The van der Waals surface area contributed by atoms with Crippen LogP contribution in [0.25, 0.3) is 0 Å². The molecule has 0 aromatic rings. The van der Waals surface area contributed by atoms with Crippen molar-refractivity contribution >= 4 is 0 Å². The third kappa shape index (κ3) is 4.22. The minimum Gasteiger partial charge on any atom is -0.378 e. The third-order valence-electron chi connectivity index (χ3n) is 4.69. The van der Waals surface area contributed by atoms with Crippen molar-refractivity contribution in [1.29, 1.82) is 0 Å². The van der Waals surface area contributed by atoms with Crippen molar-refractivity contribution in [3.8, 4) is 0 Å². The maximum Gasteiger partial charge on any atom is 0.0576 e. The molecule has 0 aliphatic carbocycles. The van der Waals surface area contributed by atoms with Crippen LogP contribution in [-0.2, 0) is 4.74 Å². The Morgan fingerprint density at radius 3 is 2.61 bits per heavy atom. The monoisotopic (exact) mass is 254 g/mol. The highest BCUT2D eigenvalue weighted by molar-refractivity contribution is 4.78. The van der Waals surface area contributed by atoms with Crippen LogP contribution in [0.4, 0.5) is 0 Å². The fourth-order valence-electron chi connectivity index (χ4n) is 3.30. The molecule has 0 amide bonds. The van der Waals surface area contributed by atoms with E-state index in [1.165, 1.54) is 64.7 Å². The van der Waals surface area contributed by atoms with E-state index in [-0.39, 0.29) is 0 Å². The van der Waals surface area contributed by atoms with E-state index in [1.807, 2.05) is 0 Å². The van der Waals surface area contributed by atoms with Crippen LogP contribution in [0.15, 0.2) is 0 Å². The maximum absolute atomic E-state index is 5.68. The first kappa shape index (κ1) is 14.3. The van der Waals surface area contributed by atoms with Crippen LogP contribution in [0.1, 0.15) is 45.4 Å². The fraction of sp³-hybridized carbons (Fsp3) is 1.00. The van der Waals surface area contributed by atoms with Gasteiger partial charge in [0.15, 0.2) is 0 Å². The first-order valence-corrected chi connectivity index (χ1v) is 7.83. The Labute approximate surface area is 112 Å². The molecule has 0 saturated carbocycles. The van der Waals surface area contributed by atoms with Gasteiger partial charge in [-0.15, -0.1) is 0 Å². The lowest BCUT2D eigenvalue weighted by molar-refractivity contribution is 0.0922. The molecule has 3 heteroatoms. The summed E-state index contributed by atoms with van der Waals surface area (Å²) in [7, 11) is 2.31. The molecule has 2 aliphatic heterocycles. The summed E-state index contributed by atoms with van der Waals surface area (Å²) in [6.45, 7) is 8.31. The van der Waals surface area contributed by atoms with Gasteiger partial charge in [-0.2, -0.15) is 0 Å². The number of piperidine rings is 1. The van der Waals surface area contributed by atoms with Crippen molar-refractivity contribution in [3.05, 3.63) is 0 Å². The zero-order chi connectivity index (χ0) is 12.8. The van der Waals surface area contributed by atoms with Gasteiger partial charge < -0.3 is 14.5 Å². The van der Waals surface area contributed by atoms with Gasteiger partial charge in [0.2, 0.25) is 0 Å². The molecular weight excluding hydrogens is 224 g/mol. The number of nitrogens with zero attached hydrogens (tertiary/aromatic N) is 2. The van der Waals surface area contributed by atoms with E-state index in [1.54, 1.807) is 0 Å². The molecule has 18 heavy (non-hydrogen) atoms. The summed E-state index contributed by atoms with van der Waals surface area (Å²) in [5, 5.41) is 0. The van der Waals surface area contributed by atoms with Gasteiger partial charge in [0.1, 0.15) is 0 Å². The Bertz CT molecular complexity index is 221. The highest BCUT2D eigenvalue weighted by atomic mass is 16.5. The zero-order valence-electron chi connectivity index (χ0n) is 12.2. The highest BCUT2D eigenvalue weighted by Gasteiger charge is 2.21. The number of likely N-dealkylation sites (tertiary alicyclic amines) is 1. The van der Waals surface area contributed by atoms with Gasteiger partial charge in [0.25, 0.3) is 0 Å². The van der Waals surface area contributed by atoms with Crippen LogP contribution in [0.2, 0.25) is 0 Å². The Balaban J connectivity index is 1.58. The first-order valence-electron chi connectivity index (χ1n) is 7.83. The average Bonchev–Trinajstić information content (AvgIpc) is 2.92. The van der Waals surface area contributed by atoms with Crippen molar-refractivity contribution in [1.82, 2.24) is 9.80 Å². The van der Waals surface area contributed by atoms with Gasteiger partial charge >= 0.3 is 0 Å². The molecule has 2 saturated heterocycles. The van der Waals surface area contributed by atoms with Crippen molar-refractivity contribution in [2.45, 2.75) is 57.6 Å². The molecule has 2 aliphatic rings. The van der Waals surface area contributed by atoms with Gasteiger partial charge in [-0.05, 0) is 71.8 Å². The number of rotatable bonds is 6. The van der Waals surface area contributed by atoms with Crippen molar-refractivity contribution < 1.29 is 4.74 Å². The topological polar surface area (TPSA) is 15.7 Å². The summed E-state index contributed by atoms with van der Waals surface area (Å²) in [6, 6.07) is 0.817. The van der Waals surface area contributed by atoms with Crippen molar-refractivity contribution in [2.24, 2.45) is 0 Å². The maximum atomic E-state index is 5.68. The second-order valence-corrected chi connectivity index (χ2v) is 5.92. The first-order chi connectivity index (χ1) is 8.79. The van der Waals surface area contributed by atoms with E-state index in [0.29, 0.717) is 6.10 Å². The molecule has 0 aromatic carbocycles. The van der Waals surface area contributed by atoms with Crippen molar-refractivity contribution in [2.75, 3.05) is 39.8 Å². The van der Waals surface area contributed by atoms with E-state index >= 15 is 0 Å². The molecular formula is C15H30N2O. The SMILES string of the molecule is CCN1CCC(N(C)CCCC2CCCO2)CC1. The molecule has 1 atom stereocenters. The summed E-state index contributed by atoms with van der Waals surface area (Å²) >= 11 is 0. The van der Waals surface area contributed by atoms with E-state index in [9.17, 15) is 0 Å². The van der Waals surface area contributed by atoms with Gasteiger partial charge in [-0.3, -0.25) is 0 Å². The molecule has 0 N–H and O–H groups in total. The minimum absolute atomic E-state index is 0.570. The molecule has 0 radical (unpaired) electrons. The van der Waals surface area contributed by atoms with Gasteiger partial charge in [0.05, 0.1) is 6.10 Å². The predicted octanol–water partition coefficient (Wildman–Crippen LogP) is 2.36. The van der Waals surface area contributed by atoms with Gasteiger partial charge in [0, 0.05) is 12.6 Å². The molecule has 2 rings (SSSR count). The van der Waals surface area contributed by atoms with Crippen LogP contribution in [-0.4, -0.2) is 61.8 Å². The summed E-state index contributed by atoms with van der Waals surface area (Å²) in [4.78, 5) is 5.15. The van der Waals surface area contributed by atoms with Crippen LogP contribution in [0.5, 0.6) is 0 Å². The fourth-order valence-corrected chi connectivity index (χ4v) is 3.30. The van der Waals surface area contributed by atoms with Gasteiger partial charge in [-0.1, -0.05) is 6.92 Å². The van der Waals surface area contributed by atoms with E-state index in [0.717, 1.165) is 12.6 Å². The highest BCUT2D eigenvalue weighted by Crippen LogP contribution is 2.19. The third-order valence-corrected chi connectivity index (χ3v) is 4.69. The lowest BCUT2D eigenvalue weighted by Crippen LogP contribution is -2.43. The predicted molar refractivity (Wildman–Crippen MR) is 76.0 cm³/mol. The summed E-state index contributed by atoms with van der Waals surface area (Å²) in [6.07, 6.45) is 8.40. The Kier molecular flexibility index (Phi) is 5.93. The van der Waals surface area contributed by atoms with Crippen LogP contribution >= 0.6 is 0 Å². The molecule has 2 fully saturated rings. The molecule has 0 aromatic heterocycles. The van der Waals surface area contributed by atoms with Crippen LogP contribution in [0.3, 0.4) is 0 Å². The second kappa shape index (κ2) is 7.46. The van der Waals surface area contributed by atoms with E-state index in [2.05, 4.69) is 23.8 Å². The van der Waals surface area contributed by atoms with Crippen LogP contribution < -0.4 is 0 Å². The molecule has 1 unspecified atom stereocenters.